The SMILES string of the molecule is COC1CC(Sc2ccccc2)C[C@H](C)O1. The zero-order chi connectivity index (χ0) is 11.4. The van der Waals surface area contributed by atoms with Crippen molar-refractivity contribution in [3.8, 4) is 0 Å². The Bertz CT molecular complexity index is 315. The Balaban J connectivity index is 1.94. The largest absolute Gasteiger partial charge is 0.356 e. The van der Waals surface area contributed by atoms with Gasteiger partial charge in [0, 0.05) is 23.7 Å². The van der Waals surface area contributed by atoms with E-state index in [0.29, 0.717) is 11.4 Å². The standard InChI is InChI=1S/C13H18O2S/c1-10-8-12(9-13(14-2)15-10)16-11-6-4-3-5-7-11/h3-7,10,12-13H,8-9H2,1-2H3/t10-,12?,13?/m0/s1. The van der Waals surface area contributed by atoms with Crippen molar-refractivity contribution >= 4 is 11.8 Å². The second-order valence-corrected chi connectivity index (χ2v) is 5.51. The molecular formula is C13H18O2S. The highest BCUT2D eigenvalue weighted by Gasteiger charge is 2.27. The maximum absolute atomic E-state index is 5.67. The van der Waals surface area contributed by atoms with Crippen molar-refractivity contribution in [1.29, 1.82) is 0 Å². The van der Waals surface area contributed by atoms with Crippen LogP contribution in [0.3, 0.4) is 0 Å². The molecular weight excluding hydrogens is 220 g/mol. The summed E-state index contributed by atoms with van der Waals surface area (Å²) in [4.78, 5) is 1.33. The van der Waals surface area contributed by atoms with Crippen LogP contribution in [0.1, 0.15) is 19.8 Å². The molecule has 88 valence electrons. The summed E-state index contributed by atoms with van der Waals surface area (Å²) in [5, 5.41) is 0.594. The highest BCUT2D eigenvalue weighted by molar-refractivity contribution is 8.00. The molecule has 1 fully saturated rings. The van der Waals surface area contributed by atoms with E-state index in [4.69, 9.17) is 9.47 Å². The molecule has 0 aromatic heterocycles. The molecule has 1 aromatic rings. The summed E-state index contributed by atoms with van der Waals surface area (Å²) in [6.07, 6.45) is 2.32. The number of rotatable bonds is 3. The van der Waals surface area contributed by atoms with E-state index < -0.39 is 0 Å². The fraction of sp³-hybridized carbons (Fsp3) is 0.538. The number of ether oxygens (including phenoxy) is 2. The Morgan fingerprint density at radius 3 is 2.69 bits per heavy atom. The monoisotopic (exact) mass is 238 g/mol. The molecule has 0 N–H and O–H groups in total. The van der Waals surface area contributed by atoms with E-state index in [1.165, 1.54) is 4.90 Å². The average molecular weight is 238 g/mol. The summed E-state index contributed by atoms with van der Waals surface area (Å²) < 4.78 is 11.0. The van der Waals surface area contributed by atoms with Crippen LogP contribution in [-0.2, 0) is 9.47 Å². The highest BCUT2D eigenvalue weighted by Crippen LogP contribution is 2.33. The first-order valence-electron chi connectivity index (χ1n) is 5.68. The zero-order valence-electron chi connectivity index (χ0n) is 9.76. The van der Waals surface area contributed by atoms with E-state index in [-0.39, 0.29) is 6.29 Å². The molecule has 1 aliphatic rings. The minimum absolute atomic E-state index is 0.0371. The molecule has 0 amide bonds. The first kappa shape index (κ1) is 12.0. The minimum Gasteiger partial charge on any atom is -0.356 e. The first-order chi connectivity index (χ1) is 7.78. The number of methoxy groups -OCH3 is 1. The summed E-state index contributed by atoms with van der Waals surface area (Å²) >= 11 is 1.93. The van der Waals surface area contributed by atoms with Gasteiger partial charge in [0.25, 0.3) is 0 Å². The van der Waals surface area contributed by atoms with Gasteiger partial charge in [0.1, 0.15) is 0 Å². The van der Waals surface area contributed by atoms with Crippen LogP contribution in [0.4, 0.5) is 0 Å². The van der Waals surface area contributed by atoms with Gasteiger partial charge in [0.2, 0.25) is 0 Å². The van der Waals surface area contributed by atoms with Gasteiger partial charge in [0.05, 0.1) is 6.10 Å². The smallest absolute Gasteiger partial charge is 0.158 e. The third-order valence-electron chi connectivity index (χ3n) is 2.74. The number of thioether (sulfide) groups is 1. The van der Waals surface area contributed by atoms with Gasteiger partial charge in [-0.2, -0.15) is 0 Å². The predicted octanol–water partition coefficient (Wildman–Crippen LogP) is 3.32. The molecule has 0 saturated carbocycles. The Kier molecular flexibility index (Phi) is 4.27. The molecule has 3 heteroatoms. The fourth-order valence-corrected chi connectivity index (χ4v) is 3.31. The maximum Gasteiger partial charge on any atom is 0.158 e. The molecule has 3 atom stereocenters. The number of benzene rings is 1. The third kappa shape index (κ3) is 3.24. The lowest BCUT2D eigenvalue weighted by Crippen LogP contribution is -2.33. The van der Waals surface area contributed by atoms with Crippen LogP contribution in [0.2, 0.25) is 0 Å². The lowest BCUT2D eigenvalue weighted by molar-refractivity contribution is -0.172. The van der Waals surface area contributed by atoms with E-state index in [9.17, 15) is 0 Å². The van der Waals surface area contributed by atoms with Gasteiger partial charge in [-0.25, -0.2) is 0 Å². The molecule has 1 heterocycles. The normalized spacial score (nSPS) is 30.2. The van der Waals surface area contributed by atoms with Crippen molar-refractivity contribution in [2.75, 3.05) is 7.11 Å². The second kappa shape index (κ2) is 5.71. The Labute approximate surface area is 101 Å². The average Bonchev–Trinajstić information content (AvgIpc) is 2.29. The lowest BCUT2D eigenvalue weighted by atomic mass is 10.1. The van der Waals surface area contributed by atoms with Crippen molar-refractivity contribution < 1.29 is 9.47 Å². The van der Waals surface area contributed by atoms with Crippen LogP contribution in [0, 0.1) is 0 Å². The van der Waals surface area contributed by atoms with E-state index in [2.05, 4.69) is 37.3 Å². The van der Waals surface area contributed by atoms with Crippen LogP contribution in [0.5, 0.6) is 0 Å². The van der Waals surface area contributed by atoms with E-state index in [1.807, 2.05) is 11.8 Å². The van der Waals surface area contributed by atoms with Gasteiger partial charge >= 0.3 is 0 Å². The first-order valence-corrected chi connectivity index (χ1v) is 6.56. The van der Waals surface area contributed by atoms with Gasteiger partial charge in [-0.3, -0.25) is 0 Å². The van der Waals surface area contributed by atoms with Gasteiger partial charge in [0.15, 0.2) is 6.29 Å². The summed E-state index contributed by atoms with van der Waals surface area (Å²) in [5.41, 5.74) is 0. The number of hydrogen-bond acceptors (Lipinski definition) is 3. The molecule has 2 nitrogen and oxygen atoms in total. The van der Waals surface area contributed by atoms with E-state index in [0.717, 1.165) is 12.8 Å². The van der Waals surface area contributed by atoms with Crippen molar-refractivity contribution in [2.45, 2.75) is 42.3 Å². The molecule has 0 bridgehead atoms. The number of hydrogen-bond donors (Lipinski definition) is 0. The zero-order valence-corrected chi connectivity index (χ0v) is 10.6. The van der Waals surface area contributed by atoms with Crippen LogP contribution in [0.25, 0.3) is 0 Å². The summed E-state index contributed by atoms with van der Waals surface area (Å²) in [5.74, 6) is 0. The molecule has 2 unspecified atom stereocenters. The van der Waals surface area contributed by atoms with Gasteiger partial charge in [-0.1, -0.05) is 18.2 Å². The summed E-state index contributed by atoms with van der Waals surface area (Å²) in [6, 6.07) is 10.5. The molecule has 0 aliphatic carbocycles. The molecule has 1 aliphatic heterocycles. The van der Waals surface area contributed by atoms with Crippen LogP contribution < -0.4 is 0 Å². The topological polar surface area (TPSA) is 18.5 Å². The Morgan fingerprint density at radius 1 is 1.25 bits per heavy atom. The molecule has 0 spiro atoms. The predicted molar refractivity (Wildman–Crippen MR) is 66.7 cm³/mol. The summed E-state index contributed by atoms with van der Waals surface area (Å²) in [6.45, 7) is 2.11. The van der Waals surface area contributed by atoms with Crippen LogP contribution >= 0.6 is 11.8 Å². The van der Waals surface area contributed by atoms with Gasteiger partial charge < -0.3 is 9.47 Å². The molecule has 2 rings (SSSR count). The van der Waals surface area contributed by atoms with E-state index in [1.54, 1.807) is 7.11 Å². The third-order valence-corrected chi connectivity index (χ3v) is 4.01. The van der Waals surface area contributed by atoms with Crippen LogP contribution in [0.15, 0.2) is 35.2 Å². The highest BCUT2D eigenvalue weighted by atomic mass is 32.2. The van der Waals surface area contributed by atoms with E-state index >= 15 is 0 Å². The molecule has 16 heavy (non-hydrogen) atoms. The Hall–Kier alpha value is -0.510. The van der Waals surface area contributed by atoms with Crippen molar-refractivity contribution in [1.82, 2.24) is 0 Å². The Morgan fingerprint density at radius 2 is 2.00 bits per heavy atom. The van der Waals surface area contributed by atoms with Crippen LogP contribution in [-0.4, -0.2) is 24.8 Å². The maximum atomic E-state index is 5.67. The van der Waals surface area contributed by atoms with Crippen molar-refractivity contribution in [2.24, 2.45) is 0 Å². The van der Waals surface area contributed by atoms with Gasteiger partial charge in [-0.15, -0.1) is 11.8 Å². The van der Waals surface area contributed by atoms with Gasteiger partial charge in [-0.05, 0) is 25.5 Å². The lowest BCUT2D eigenvalue weighted by Gasteiger charge is -2.32. The van der Waals surface area contributed by atoms with Crippen molar-refractivity contribution in [3.05, 3.63) is 30.3 Å². The molecule has 0 radical (unpaired) electrons. The fourth-order valence-electron chi connectivity index (χ4n) is 1.99. The second-order valence-electron chi connectivity index (χ2n) is 4.14. The van der Waals surface area contributed by atoms with Crippen molar-refractivity contribution in [3.63, 3.8) is 0 Å². The quantitative estimate of drug-likeness (QED) is 0.805. The molecule has 1 saturated heterocycles. The minimum atomic E-state index is -0.0371. The summed E-state index contributed by atoms with van der Waals surface area (Å²) in [7, 11) is 1.72. The molecule has 1 aromatic carbocycles.